The minimum atomic E-state index is -0.404. The molecule has 9 heteroatoms. The van der Waals surface area contributed by atoms with Crippen molar-refractivity contribution in [2.75, 3.05) is 0 Å². The van der Waals surface area contributed by atoms with Crippen LogP contribution in [0.25, 0.3) is 22.5 Å². The van der Waals surface area contributed by atoms with Crippen molar-refractivity contribution in [3.63, 3.8) is 0 Å². The topological polar surface area (TPSA) is 44.0 Å². The van der Waals surface area contributed by atoms with E-state index < -0.39 is 5.82 Å². The molecule has 0 fully saturated rings. The van der Waals surface area contributed by atoms with Crippen molar-refractivity contribution in [2.24, 2.45) is 11.8 Å². The second-order valence-electron chi connectivity index (χ2n) is 11.1. The molecule has 0 saturated heterocycles. The second-order valence-corrected chi connectivity index (χ2v) is 12.4. The molecule has 0 saturated carbocycles. The molecule has 0 aliphatic heterocycles. The zero-order valence-corrected chi connectivity index (χ0v) is 27.5. The van der Waals surface area contributed by atoms with Crippen LogP contribution in [-0.2, 0) is 25.9 Å². The lowest BCUT2D eigenvalue weighted by Crippen LogP contribution is -2.23. The molecule has 0 radical (unpaired) electrons. The molecule has 4 aromatic rings. The molecule has 2 aromatic carbocycles. The summed E-state index contributed by atoms with van der Waals surface area (Å²) >= 11 is 18.5. The summed E-state index contributed by atoms with van der Waals surface area (Å²) in [5.74, 6) is 0.0524. The van der Waals surface area contributed by atoms with Gasteiger partial charge in [0, 0.05) is 30.3 Å². The summed E-state index contributed by atoms with van der Waals surface area (Å²) in [5, 5.41) is 0.807. The van der Waals surface area contributed by atoms with E-state index in [1.165, 1.54) is 24.3 Å². The number of halogens is 5. The smallest absolute Gasteiger partial charge is 0.269 e. The van der Waals surface area contributed by atoms with E-state index in [2.05, 4.69) is 27.7 Å². The van der Waals surface area contributed by atoms with E-state index in [0.717, 1.165) is 35.4 Å². The highest BCUT2D eigenvalue weighted by molar-refractivity contribution is 6.33. The minimum absolute atomic E-state index is 0.0691. The fraction of sp³-hybridized carbons (Fsp3) is 0.353. The molecule has 0 spiro atoms. The summed E-state index contributed by atoms with van der Waals surface area (Å²) in [6, 6.07) is 13.6. The van der Waals surface area contributed by atoms with Crippen LogP contribution in [0.3, 0.4) is 0 Å². The van der Waals surface area contributed by atoms with Crippen molar-refractivity contribution in [3.05, 3.63) is 113 Å². The van der Waals surface area contributed by atoms with Gasteiger partial charge in [0.1, 0.15) is 16.7 Å². The summed E-state index contributed by atoms with van der Waals surface area (Å²) in [7, 11) is 0. The normalized spacial score (nSPS) is 11.2. The van der Waals surface area contributed by atoms with Gasteiger partial charge in [0.05, 0.1) is 21.4 Å². The first-order valence-electron chi connectivity index (χ1n) is 14.3. The van der Waals surface area contributed by atoms with Crippen molar-refractivity contribution in [2.45, 2.75) is 67.5 Å². The van der Waals surface area contributed by atoms with Crippen LogP contribution < -0.4 is 11.1 Å². The Kier molecular flexibility index (Phi) is 12.2. The van der Waals surface area contributed by atoms with Gasteiger partial charge in [0.2, 0.25) is 0 Å². The molecule has 0 aliphatic rings. The Morgan fingerprint density at radius 1 is 0.628 bits per heavy atom. The average Bonchev–Trinajstić information content (AvgIpc) is 2.92. The Morgan fingerprint density at radius 3 is 1.53 bits per heavy atom. The maximum absolute atomic E-state index is 13.3. The van der Waals surface area contributed by atoms with Gasteiger partial charge in [-0.1, -0.05) is 68.6 Å². The standard InChI is InChI=1S/C17H18Cl2FNO.C17H19ClFNO/c1-4-21-16(13-6-5-12(20)9-14(13)18)11(7-10(2)3)8-15(19)17(21)22;1-4-20-16(21)8-5-12(9-11(2)3)17(20)14-7-6-13(19)10-15(14)18/h5-6,8-10H,4,7H2,1-3H3;5-8,10-11H,4,9H2,1-3H3. The van der Waals surface area contributed by atoms with Crippen molar-refractivity contribution in [1.82, 2.24) is 9.13 Å². The molecule has 0 amide bonds. The molecule has 0 N–H and O–H groups in total. The largest absolute Gasteiger partial charge is 0.308 e. The Balaban J connectivity index is 0.000000236. The lowest BCUT2D eigenvalue weighted by Gasteiger charge is -2.19. The highest BCUT2D eigenvalue weighted by Crippen LogP contribution is 2.33. The first kappa shape index (κ1) is 34.6. The predicted octanol–water partition coefficient (Wildman–Crippen LogP) is 9.71. The van der Waals surface area contributed by atoms with E-state index in [1.807, 2.05) is 19.9 Å². The second kappa shape index (κ2) is 15.2. The Hall–Kier alpha value is -2.93. The number of aromatic nitrogens is 2. The first-order chi connectivity index (χ1) is 20.3. The summed E-state index contributed by atoms with van der Waals surface area (Å²) < 4.78 is 29.9. The van der Waals surface area contributed by atoms with Crippen molar-refractivity contribution in [1.29, 1.82) is 0 Å². The molecule has 230 valence electrons. The van der Waals surface area contributed by atoms with Crippen LogP contribution in [0.4, 0.5) is 8.78 Å². The van der Waals surface area contributed by atoms with Gasteiger partial charge >= 0.3 is 0 Å². The molecule has 0 bridgehead atoms. The number of rotatable bonds is 8. The zero-order valence-electron chi connectivity index (χ0n) is 25.3. The molecule has 0 unspecified atom stereocenters. The van der Waals surface area contributed by atoms with Crippen LogP contribution in [0.15, 0.2) is 64.2 Å². The first-order valence-corrected chi connectivity index (χ1v) is 15.5. The summed E-state index contributed by atoms with van der Waals surface area (Å²) in [6.45, 7) is 13.2. The van der Waals surface area contributed by atoms with Gasteiger partial charge in [-0.25, -0.2) is 8.78 Å². The van der Waals surface area contributed by atoms with Gasteiger partial charge in [-0.15, -0.1) is 0 Å². The van der Waals surface area contributed by atoms with Crippen molar-refractivity contribution < 1.29 is 8.78 Å². The van der Waals surface area contributed by atoms with Crippen LogP contribution in [0.5, 0.6) is 0 Å². The van der Waals surface area contributed by atoms with Crippen LogP contribution in [-0.4, -0.2) is 9.13 Å². The number of pyridine rings is 2. The third kappa shape index (κ3) is 8.37. The van der Waals surface area contributed by atoms with Crippen molar-refractivity contribution in [3.8, 4) is 22.5 Å². The zero-order chi connectivity index (χ0) is 32.0. The maximum Gasteiger partial charge on any atom is 0.269 e. The minimum Gasteiger partial charge on any atom is -0.308 e. The SMILES string of the molecule is CCn1c(-c2ccc(F)cc2Cl)c(CC(C)C)cc(Cl)c1=O.CCn1c(-c2ccc(F)cc2Cl)c(CC(C)C)ccc1=O. The summed E-state index contributed by atoms with van der Waals surface area (Å²) in [6.07, 6.45) is 1.59. The third-order valence-electron chi connectivity index (χ3n) is 6.85. The molecular formula is C34H37Cl3F2N2O2. The average molecular weight is 650 g/mol. The van der Waals surface area contributed by atoms with Gasteiger partial charge in [-0.05, 0) is 92.1 Å². The fourth-order valence-electron chi connectivity index (χ4n) is 5.13. The van der Waals surface area contributed by atoms with E-state index >= 15 is 0 Å². The van der Waals surface area contributed by atoms with E-state index in [0.29, 0.717) is 41.1 Å². The Morgan fingerprint density at radius 2 is 1.09 bits per heavy atom. The quantitative estimate of drug-likeness (QED) is 0.191. The summed E-state index contributed by atoms with van der Waals surface area (Å²) in [4.78, 5) is 24.4. The molecule has 2 aromatic heterocycles. The monoisotopic (exact) mass is 648 g/mol. The molecule has 2 heterocycles. The summed E-state index contributed by atoms with van der Waals surface area (Å²) in [5.41, 5.74) is 4.53. The van der Waals surface area contributed by atoms with E-state index in [4.69, 9.17) is 34.8 Å². The predicted molar refractivity (Wildman–Crippen MR) is 176 cm³/mol. The van der Waals surface area contributed by atoms with Crippen LogP contribution >= 0.6 is 34.8 Å². The lowest BCUT2D eigenvalue weighted by molar-refractivity contribution is 0.626. The number of hydrogen-bond acceptors (Lipinski definition) is 2. The highest BCUT2D eigenvalue weighted by Gasteiger charge is 2.19. The van der Waals surface area contributed by atoms with Gasteiger partial charge in [0.15, 0.2) is 0 Å². The molecule has 0 atom stereocenters. The number of benzene rings is 2. The molecule has 4 rings (SSSR count). The van der Waals surface area contributed by atoms with Crippen LogP contribution in [0.2, 0.25) is 15.1 Å². The number of nitrogens with zero attached hydrogens (tertiary/aromatic N) is 2. The van der Waals surface area contributed by atoms with E-state index in [1.54, 1.807) is 33.4 Å². The van der Waals surface area contributed by atoms with Gasteiger partial charge in [0.25, 0.3) is 11.1 Å². The van der Waals surface area contributed by atoms with Crippen LogP contribution in [0, 0.1) is 23.5 Å². The molecule has 0 aliphatic carbocycles. The molecule has 43 heavy (non-hydrogen) atoms. The van der Waals surface area contributed by atoms with Crippen molar-refractivity contribution >= 4 is 34.8 Å². The van der Waals surface area contributed by atoms with Gasteiger partial charge < -0.3 is 9.13 Å². The molecule has 4 nitrogen and oxygen atoms in total. The third-order valence-corrected chi connectivity index (χ3v) is 7.75. The Bertz CT molecular complexity index is 1710. The van der Waals surface area contributed by atoms with Crippen LogP contribution in [0.1, 0.15) is 52.7 Å². The fourth-order valence-corrected chi connectivity index (χ4v) is 5.87. The highest BCUT2D eigenvalue weighted by atomic mass is 35.5. The van der Waals surface area contributed by atoms with Gasteiger partial charge in [-0.2, -0.15) is 0 Å². The number of hydrogen-bond donors (Lipinski definition) is 0. The molecular weight excluding hydrogens is 613 g/mol. The van der Waals surface area contributed by atoms with E-state index in [-0.39, 0.29) is 27.0 Å². The Labute approximate surface area is 266 Å². The van der Waals surface area contributed by atoms with Gasteiger partial charge in [-0.3, -0.25) is 9.59 Å². The maximum atomic E-state index is 13.3. The van der Waals surface area contributed by atoms with E-state index in [9.17, 15) is 18.4 Å². The lowest BCUT2D eigenvalue weighted by atomic mass is 9.97.